The normalized spacial score (nSPS) is 12.0. The van der Waals surface area contributed by atoms with Crippen molar-refractivity contribution in [3.63, 3.8) is 0 Å². The van der Waals surface area contributed by atoms with Crippen LogP contribution in [0.3, 0.4) is 0 Å². The molecule has 0 saturated heterocycles. The van der Waals surface area contributed by atoms with Crippen molar-refractivity contribution in [2.45, 2.75) is 13.0 Å². The number of hydrogen-bond acceptors (Lipinski definition) is 2. The largest absolute Gasteiger partial charge is 0.345 e. The number of nitrogens with zero attached hydrogens (tertiary/aromatic N) is 1. The number of amides is 1. The van der Waals surface area contributed by atoms with Crippen molar-refractivity contribution in [3.8, 4) is 0 Å². The van der Waals surface area contributed by atoms with Gasteiger partial charge in [-0.3, -0.25) is 4.79 Å². The first-order valence-electron chi connectivity index (χ1n) is 5.84. The lowest BCUT2D eigenvalue weighted by Crippen LogP contribution is -2.27. The van der Waals surface area contributed by atoms with Crippen LogP contribution in [0.1, 0.15) is 28.9 Å². The highest BCUT2D eigenvalue weighted by Gasteiger charge is 2.15. The van der Waals surface area contributed by atoms with Crippen LogP contribution in [0.25, 0.3) is 0 Å². The Balaban J connectivity index is 2.15. The molecule has 0 aliphatic heterocycles. The fourth-order valence-corrected chi connectivity index (χ4v) is 2.17. The SMILES string of the molecule is CC(NC(=O)c1cc(Cl)ncc1Cl)c1ccc(Cl)cc1. The van der Waals surface area contributed by atoms with Gasteiger partial charge in [-0.25, -0.2) is 4.98 Å². The number of halogens is 3. The molecular weight excluding hydrogens is 319 g/mol. The summed E-state index contributed by atoms with van der Waals surface area (Å²) in [5, 5.41) is 3.98. The zero-order chi connectivity index (χ0) is 14.7. The predicted molar refractivity (Wildman–Crippen MR) is 81.6 cm³/mol. The van der Waals surface area contributed by atoms with Crippen LogP contribution >= 0.6 is 34.8 Å². The van der Waals surface area contributed by atoms with E-state index in [-0.39, 0.29) is 22.1 Å². The number of carbonyl (C=O) groups excluding carboxylic acids is 1. The minimum atomic E-state index is -0.304. The van der Waals surface area contributed by atoms with Crippen molar-refractivity contribution >= 4 is 40.7 Å². The molecule has 20 heavy (non-hydrogen) atoms. The lowest BCUT2D eigenvalue weighted by atomic mass is 10.1. The predicted octanol–water partition coefficient (Wildman–Crippen LogP) is 4.53. The first kappa shape index (κ1) is 15.1. The molecule has 1 aromatic heterocycles. The van der Waals surface area contributed by atoms with E-state index in [1.54, 1.807) is 12.1 Å². The van der Waals surface area contributed by atoms with Crippen LogP contribution in [0.15, 0.2) is 36.5 Å². The van der Waals surface area contributed by atoms with E-state index in [1.807, 2.05) is 19.1 Å². The van der Waals surface area contributed by atoms with Crippen LogP contribution in [0.4, 0.5) is 0 Å². The van der Waals surface area contributed by atoms with Gasteiger partial charge in [0.05, 0.1) is 16.6 Å². The van der Waals surface area contributed by atoms with E-state index in [1.165, 1.54) is 12.3 Å². The van der Waals surface area contributed by atoms with Crippen molar-refractivity contribution in [2.24, 2.45) is 0 Å². The number of rotatable bonds is 3. The molecule has 104 valence electrons. The zero-order valence-electron chi connectivity index (χ0n) is 10.5. The maximum atomic E-state index is 12.2. The summed E-state index contributed by atoms with van der Waals surface area (Å²) in [7, 11) is 0. The molecule has 1 atom stereocenters. The second kappa shape index (κ2) is 6.44. The molecule has 1 heterocycles. The molecule has 0 saturated carbocycles. The fourth-order valence-electron chi connectivity index (χ4n) is 1.70. The minimum Gasteiger partial charge on any atom is -0.345 e. The molecule has 3 nitrogen and oxygen atoms in total. The third kappa shape index (κ3) is 3.63. The number of hydrogen-bond donors (Lipinski definition) is 1. The molecule has 1 N–H and O–H groups in total. The lowest BCUT2D eigenvalue weighted by molar-refractivity contribution is 0.0940. The van der Waals surface area contributed by atoms with Gasteiger partial charge in [-0.05, 0) is 30.7 Å². The van der Waals surface area contributed by atoms with Gasteiger partial charge in [0.15, 0.2) is 0 Å². The molecule has 0 spiro atoms. The van der Waals surface area contributed by atoms with Gasteiger partial charge >= 0.3 is 0 Å². The highest BCUT2D eigenvalue weighted by molar-refractivity contribution is 6.35. The monoisotopic (exact) mass is 328 g/mol. The van der Waals surface area contributed by atoms with Gasteiger partial charge in [-0.15, -0.1) is 0 Å². The van der Waals surface area contributed by atoms with Gasteiger partial charge < -0.3 is 5.32 Å². The maximum absolute atomic E-state index is 12.2. The van der Waals surface area contributed by atoms with E-state index in [0.717, 1.165) is 5.56 Å². The summed E-state index contributed by atoms with van der Waals surface area (Å²) in [4.78, 5) is 16.0. The first-order valence-corrected chi connectivity index (χ1v) is 6.98. The Kier molecular flexibility index (Phi) is 4.86. The Labute approximate surface area is 131 Å². The maximum Gasteiger partial charge on any atom is 0.253 e. The second-order valence-corrected chi connectivity index (χ2v) is 5.46. The number of benzene rings is 1. The average molecular weight is 330 g/mol. The molecule has 1 unspecified atom stereocenters. The van der Waals surface area contributed by atoms with Crippen molar-refractivity contribution in [1.29, 1.82) is 0 Å². The number of pyridine rings is 1. The third-order valence-electron chi connectivity index (χ3n) is 2.78. The Bertz CT molecular complexity index is 629. The third-order valence-corrected chi connectivity index (χ3v) is 3.54. The topological polar surface area (TPSA) is 42.0 Å². The van der Waals surface area contributed by atoms with Gasteiger partial charge in [0, 0.05) is 11.2 Å². The van der Waals surface area contributed by atoms with Gasteiger partial charge in [0.1, 0.15) is 5.15 Å². The van der Waals surface area contributed by atoms with Gasteiger partial charge in [-0.1, -0.05) is 46.9 Å². The molecule has 2 rings (SSSR count). The van der Waals surface area contributed by atoms with Crippen LogP contribution in [-0.2, 0) is 0 Å². The van der Waals surface area contributed by atoms with E-state index < -0.39 is 0 Å². The van der Waals surface area contributed by atoms with Crippen LogP contribution in [-0.4, -0.2) is 10.9 Å². The second-order valence-electron chi connectivity index (χ2n) is 4.23. The summed E-state index contributed by atoms with van der Waals surface area (Å²) in [6.45, 7) is 1.87. The van der Waals surface area contributed by atoms with E-state index >= 15 is 0 Å². The zero-order valence-corrected chi connectivity index (χ0v) is 12.8. The van der Waals surface area contributed by atoms with Gasteiger partial charge in [0.2, 0.25) is 0 Å². The summed E-state index contributed by atoms with van der Waals surface area (Å²) >= 11 is 17.5. The summed E-state index contributed by atoms with van der Waals surface area (Å²) in [6, 6.07) is 8.52. The molecule has 1 amide bonds. The molecule has 0 aliphatic carbocycles. The summed E-state index contributed by atoms with van der Waals surface area (Å²) in [5.41, 5.74) is 1.24. The molecular formula is C14H11Cl3N2O. The molecule has 0 fully saturated rings. The minimum absolute atomic E-state index is 0.178. The van der Waals surface area contributed by atoms with Crippen LogP contribution in [0.5, 0.6) is 0 Å². The smallest absolute Gasteiger partial charge is 0.253 e. The molecule has 0 aliphatic rings. The molecule has 0 bridgehead atoms. The van der Waals surface area contributed by atoms with Crippen molar-refractivity contribution in [3.05, 3.63) is 62.9 Å². The number of carbonyl (C=O) groups is 1. The van der Waals surface area contributed by atoms with E-state index in [0.29, 0.717) is 10.6 Å². The average Bonchev–Trinajstić information content (AvgIpc) is 2.42. The molecule has 1 aromatic carbocycles. The first-order chi connectivity index (χ1) is 9.47. The number of aromatic nitrogens is 1. The Morgan fingerprint density at radius 3 is 2.50 bits per heavy atom. The van der Waals surface area contributed by atoms with Gasteiger partial charge in [-0.2, -0.15) is 0 Å². The summed E-state index contributed by atoms with van der Waals surface area (Å²) in [6.07, 6.45) is 1.35. The standard InChI is InChI=1S/C14H11Cl3N2O/c1-8(9-2-4-10(15)5-3-9)19-14(20)11-6-13(17)18-7-12(11)16/h2-8H,1H3,(H,19,20). The molecule has 0 radical (unpaired) electrons. The van der Waals surface area contributed by atoms with E-state index in [2.05, 4.69) is 10.3 Å². The fraction of sp³-hybridized carbons (Fsp3) is 0.143. The Hall–Kier alpha value is -1.29. The number of nitrogens with one attached hydrogen (secondary N) is 1. The Morgan fingerprint density at radius 1 is 1.20 bits per heavy atom. The summed E-state index contributed by atoms with van der Waals surface area (Å²) in [5.74, 6) is -0.304. The van der Waals surface area contributed by atoms with Crippen molar-refractivity contribution < 1.29 is 4.79 Å². The van der Waals surface area contributed by atoms with E-state index in [9.17, 15) is 4.79 Å². The van der Waals surface area contributed by atoms with Crippen molar-refractivity contribution in [1.82, 2.24) is 10.3 Å². The van der Waals surface area contributed by atoms with Crippen molar-refractivity contribution in [2.75, 3.05) is 0 Å². The quantitative estimate of drug-likeness (QED) is 0.840. The van der Waals surface area contributed by atoms with E-state index in [4.69, 9.17) is 34.8 Å². The summed E-state index contributed by atoms with van der Waals surface area (Å²) < 4.78 is 0. The van der Waals surface area contributed by atoms with Crippen LogP contribution in [0, 0.1) is 0 Å². The molecule has 2 aromatic rings. The van der Waals surface area contributed by atoms with Crippen LogP contribution in [0.2, 0.25) is 15.2 Å². The lowest BCUT2D eigenvalue weighted by Gasteiger charge is -2.15. The highest BCUT2D eigenvalue weighted by atomic mass is 35.5. The molecule has 6 heteroatoms. The van der Waals surface area contributed by atoms with Crippen LogP contribution < -0.4 is 5.32 Å². The Morgan fingerprint density at radius 2 is 1.85 bits per heavy atom. The highest BCUT2D eigenvalue weighted by Crippen LogP contribution is 2.20. The van der Waals surface area contributed by atoms with Gasteiger partial charge in [0.25, 0.3) is 5.91 Å².